The minimum atomic E-state index is -0.378. The summed E-state index contributed by atoms with van der Waals surface area (Å²) >= 11 is 0. The monoisotopic (exact) mass is 228 g/mol. The Hall–Kier alpha value is -1.83. The minimum Gasteiger partial charge on any atom is -0.482 e. The number of fused-ring (bicyclic) bond motifs is 1. The van der Waals surface area contributed by atoms with Crippen molar-refractivity contribution in [1.29, 1.82) is 0 Å². The van der Waals surface area contributed by atoms with Crippen molar-refractivity contribution >= 4 is 0 Å². The normalized spacial score (nSPS) is 22.0. The topological polar surface area (TPSA) is 9.23 Å². The summed E-state index contributed by atoms with van der Waals surface area (Å²) in [4.78, 5) is 0. The molecule has 2 heteroatoms. The molecule has 0 radical (unpaired) electrons. The van der Waals surface area contributed by atoms with Crippen molar-refractivity contribution in [3.05, 3.63) is 65.5 Å². The summed E-state index contributed by atoms with van der Waals surface area (Å²) in [6, 6.07) is 14.6. The maximum Gasteiger partial charge on any atom is 0.135 e. The lowest BCUT2D eigenvalue weighted by atomic mass is 9.91. The number of hydrogen-bond acceptors (Lipinski definition) is 1. The van der Waals surface area contributed by atoms with Crippen molar-refractivity contribution in [3.63, 3.8) is 0 Å². The van der Waals surface area contributed by atoms with E-state index in [2.05, 4.69) is 6.07 Å². The van der Waals surface area contributed by atoms with Gasteiger partial charge in [-0.25, -0.2) is 4.39 Å². The molecule has 1 aliphatic rings. The molecule has 0 saturated heterocycles. The van der Waals surface area contributed by atoms with Crippen molar-refractivity contribution in [1.82, 2.24) is 0 Å². The summed E-state index contributed by atoms with van der Waals surface area (Å²) in [5, 5.41) is 0. The molecule has 3 rings (SSSR count). The minimum absolute atomic E-state index is 0.215. The molecule has 1 heterocycles. The summed E-state index contributed by atoms with van der Waals surface area (Å²) in [6.45, 7) is 2.04. The van der Waals surface area contributed by atoms with Crippen LogP contribution in [0.25, 0.3) is 0 Å². The quantitative estimate of drug-likeness (QED) is 0.723. The maximum atomic E-state index is 12.9. The number of ether oxygens (including phenoxy) is 1. The Morgan fingerprint density at radius 2 is 1.76 bits per heavy atom. The van der Waals surface area contributed by atoms with E-state index in [-0.39, 0.29) is 11.4 Å². The van der Waals surface area contributed by atoms with Crippen LogP contribution in [0.5, 0.6) is 5.75 Å². The molecule has 1 atom stereocenters. The molecule has 2 aromatic carbocycles. The molecule has 2 aromatic rings. The Kier molecular flexibility index (Phi) is 2.18. The van der Waals surface area contributed by atoms with E-state index in [9.17, 15) is 4.39 Å². The highest BCUT2D eigenvalue weighted by molar-refractivity contribution is 5.42. The zero-order valence-electron chi connectivity index (χ0n) is 9.61. The molecule has 1 aliphatic heterocycles. The Morgan fingerprint density at radius 1 is 1.06 bits per heavy atom. The number of para-hydroxylation sites is 1. The molecule has 0 amide bonds. The molecular weight excluding hydrogens is 215 g/mol. The van der Waals surface area contributed by atoms with E-state index in [4.69, 9.17) is 4.74 Å². The van der Waals surface area contributed by atoms with E-state index >= 15 is 0 Å². The first kappa shape index (κ1) is 10.3. The van der Waals surface area contributed by atoms with Crippen molar-refractivity contribution in [3.8, 4) is 5.75 Å². The Morgan fingerprint density at radius 3 is 2.47 bits per heavy atom. The molecule has 0 aromatic heterocycles. The molecule has 1 nitrogen and oxygen atoms in total. The SMILES string of the molecule is CC1(c2ccc(F)cc2)Cc2ccccc2O1. The van der Waals surface area contributed by atoms with Gasteiger partial charge in [-0.1, -0.05) is 30.3 Å². The van der Waals surface area contributed by atoms with Crippen molar-refractivity contribution in [2.24, 2.45) is 0 Å². The van der Waals surface area contributed by atoms with Crippen LogP contribution in [0.3, 0.4) is 0 Å². The number of rotatable bonds is 1. The van der Waals surface area contributed by atoms with Gasteiger partial charge in [-0.2, -0.15) is 0 Å². The number of halogens is 1. The van der Waals surface area contributed by atoms with Gasteiger partial charge >= 0.3 is 0 Å². The number of hydrogen-bond donors (Lipinski definition) is 0. The van der Waals surface area contributed by atoms with Gasteiger partial charge in [0.25, 0.3) is 0 Å². The number of benzene rings is 2. The van der Waals surface area contributed by atoms with Crippen LogP contribution in [-0.2, 0) is 12.0 Å². The fourth-order valence-corrected chi connectivity index (χ4v) is 2.36. The highest BCUT2D eigenvalue weighted by Crippen LogP contribution is 2.40. The third kappa shape index (κ3) is 1.70. The van der Waals surface area contributed by atoms with E-state index in [1.54, 1.807) is 12.1 Å². The third-order valence-electron chi connectivity index (χ3n) is 3.29. The average Bonchev–Trinajstić information content (AvgIpc) is 2.67. The van der Waals surface area contributed by atoms with E-state index in [0.717, 1.165) is 17.7 Å². The average molecular weight is 228 g/mol. The molecule has 17 heavy (non-hydrogen) atoms. The van der Waals surface area contributed by atoms with E-state index in [1.807, 2.05) is 25.1 Å². The molecule has 0 spiro atoms. The van der Waals surface area contributed by atoms with Crippen molar-refractivity contribution in [2.75, 3.05) is 0 Å². The molecule has 1 unspecified atom stereocenters. The first-order valence-corrected chi connectivity index (χ1v) is 5.70. The van der Waals surface area contributed by atoms with Gasteiger partial charge < -0.3 is 4.74 Å². The van der Waals surface area contributed by atoms with E-state index < -0.39 is 0 Å². The van der Waals surface area contributed by atoms with Gasteiger partial charge in [0.05, 0.1) is 0 Å². The smallest absolute Gasteiger partial charge is 0.135 e. The van der Waals surface area contributed by atoms with Gasteiger partial charge in [0.1, 0.15) is 17.2 Å². The largest absolute Gasteiger partial charge is 0.482 e. The summed E-state index contributed by atoms with van der Waals surface area (Å²) in [7, 11) is 0. The highest BCUT2D eigenvalue weighted by Gasteiger charge is 2.36. The Balaban J connectivity index is 1.98. The van der Waals surface area contributed by atoms with Gasteiger partial charge in [0.15, 0.2) is 0 Å². The lowest BCUT2D eigenvalue weighted by Crippen LogP contribution is -2.26. The van der Waals surface area contributed by atoms with Crippen LogP contribution in [0.1, 0.15) is 18.1 Å². The summed E-state index contributed by atoms with van der Waals surface area (Å²) in [5.74, 6) is 0.715. The van der Waals surface area contributed by atoms with Gasteiger partial charge in [-0.15, -0.1) is 0 Å². The fraction of sp³-hybridized carbons (Fsp3) is 0.200. The second kappa shape index (κ2) is 3.59. The second-order valence-electron chi connectivity index (χ2n) is 4.62. The molecule has 0 bridgehead atoms. The van der Waals surface area contributed by atoms with Gasteiger partial charge in [-0.3, -0.25) is 0 Å². The van der Waals surface area contributed by atoms with Crippen molar-refractivity contribution in [2.45, 2.75) is 18.9 Å². The molecule has 0 saturated carbocycles. The van der Waals surface area contributed by atoms with Crippen LogP contribution < -0.4 is 4.74 Å². The molecule has 0 N–H and O–H groups in total. The van der Waals surface area contributed by atoms with Gasteiger partial charge in [0, 0.05) is 6.42 Å². The molecule has 86 valence electrons. The van der Waals surface area contributed by atoms with Gasteiger partial charge in [-0.05, 0) is 36.2 Å². The van der Waals surface area contributed by atoms with Crippen LogP contribution in [0.2, 0.25) is 0 Å². The summed E-state index contributed by atoms with van der Waals surface area (Å²) in [5.41, 5.74) is 1.84. The van der Waals surface area contributed by atoms with E-state index in [0.29, 0.717) is 0 Å². The standard InChI is InChI=1S/C15H13FO/c1-15(12-6-8-13(16)9-7-12)10-11-4-2-3-5-14(11)17-15/h2-9H,10H2,1H3. The fourth-order valence-electron chi connectivity index (χ4n) is 2.36. The lowest BCUT2D eigenvalue weighted by molar-refractivity contribution is 0.115. The van der Waals surface area contributed by atoms with Crippen LogP contribution >= 0.6 is 0 Å². The first-order chi connectivity index (χ1) is 8.17. The maximum absolute atomic E-state index is 12.9. The predicted molar refractivity (Wildman–Crippen MR) is 64.5 cm³/mol. The molecule has 0 fully saturated rings. The van der Waals surface area contributed by atoms with Crippen molar-refractivity contribution < 1.29 is 9.13 Å². The Bertz CT molecular complexity index is 520. The van der Waals surface area contributed by atoms with Crippen LogP contribution in [-0.4, -0.2) is 0 Å². The van der Waals surface area contributed by atoms with Gasteiger partial charge in [0.2, 0.25) is 0 Å². The summed E-state index contributed by atoms with van der Waals surface area (Å²) in [6.07, 6.45) is 0.828. The second-order valence-corrected chi connectivity index (χ2v) is 4.62. The zero-order valence-corrected chi connectivity index (χ0v) is 9.61. The third-order valence-corrected chi connectivity index (χ3v) is 3.29. The summed E-state index contributed by atoms with van der Waals surface area (Å²) < 4.78 is 18.9. The lowest BCUT2D eigenvalue weighted by Gasteiger charge is -2.24. The van der Waals surface area contributed by atoms with Crippen LogP contribution in [0.4, 0.5) is 4.39 Å². The first-order valence-electron chi connectivity index (χ1n) is 5.70. The van der Waals surface area contributed by atoms with Crippen LogP contribution in [0.15, 0.2) is 48.5 Å². The Labute approximate surface area is 99.9 Å². The predicted octanol–water partition coefficient (Wildman–Crippen LogP) is 3.68. The van der Waals surface area contributed by atoms with E-state index in [1.165, 1.54) is 17.7 Å². The highest BCUT2D eigenvalue weighted by atomic mass is 19.1. The zero-order chi connectivity index (χ0) is 11.9. The van der Waals surface area contributed by atoms with Crippen LogP contribution in [0, 0.1) is 5.82 Å². The molecule has 0 aliphatic carbocycles. The molecular formula is C15H13FO.